The van der Waals surface area contributed by atoms with Crippen LogP contribution in [0, 0.1) is 0 Å². The minimum Gasteiger partial charge on any atom is -0.310 e. The first kappa shape index (κ1) is 29.3. The summed E-state index contributed by atoms with van der Waals surface area (Å²) in [6.07, 6.45) is 0. The van der Waals surface area contributed by atoms with Crippen molar-refractivity contribution < 1.29 is 0 Å². The van der Waals surface area contributed by atoms with E-state index < -0.39 is 0 Å². The van der Waals surface area contributed by atoms with Crippen LogP contribution in [0.2, 0.25) is 0 Å². The molecule has 11 rings (SSSR count). The molecule has 0 fully saturated rings. The van der Waals surface area contributed by atoms with E-state index in [2.05, 4.69) is 195 Å². The predicted molar refractivity (Wildman–Crippen MR) is 224 cm³/mol. The Labute approximate surface area is 303 Å². The lowest BCUT2D eigenvalue weighted by molar-refractivity contribution is 0.661. The maximum Gasteiger partial charge on any atom is 0.0465 e. The molecule has 52 heavy (non-hydrogen) atoms. The molecule has 1 heteroatoms. The van der Waals surface area contributed by atoms with E-state index in [1.165, 1.54) is 92.6 Å². The van der Waals surface area contributed by atoms with Gasteiger partial charge in [0.15, 0.2) is 0 Å². The summed E-state index contributed by atoms with van der Waals surface area (Å²) >= 11 is 0. The van der Waals surface area contributed by atoms with Crippen molar-refractivity contribution in [3.8, 4) is 11.1 Å². The Morgan fingerprint density at radius 2 is 0.654 bits per heavy atom. The van der Waals surface area contributed by atoms with Crippen molar-refractivity contribution in [2.75, 3.05) is 4.90 Å². The number of benzene rings is 10. The summed E-state index contributed by atoms with van der Waals surface area (Å²) in [7, 11) is 0. The first-order valence-electron chi connectivity index (χ1n) is 18.3. The summed E-state index contributed by atoms with van der Waals surface area (Å²) in [5, 5.41) is 15.7. The lowest BCUT2D eigenvalue weighted by Crippen LogP contribution is -2.16. The number of para-hydroxylation sites is 2. The van der Waals surface area contributed by atoms with E-state index in [4.69, 9.17) is 0 Å². The molecule has 0 heterocycles. The highest BCUT2D eigenvalue weighted by molar-refractivity contribution is 6.33. The van der Waals surface area contributed by atoms with Gasteiger partial charge in [-0.2, -0.15) is 0 Å². The number of nitrogens with zero attached hydrogens (tertiary/aromatic N) is 1. The quantitative estimate of drug-likeness (QED) is 0.135. The molecule has 244 valence electrons. The van der Waals surface area contributed by atoms with Crippen LogP contribution in [-0.4, -0.2) is 0 Å². The van der Waals surface area contributed by atoms with Crippen LogP contribution in [0.1, 0.15) is 25.0 Å². The van der Waals surface area contributed by atoms with Crippen molar-refractivity contribution in [3.63, 3.8) is 0 Å². The summed E-state index contributed by atoms with van der Waals surface area (Å²) in [5.74, 6) is 0. The molecule has 1 aliphatic carbocycles. The number of hydrogen-bond donors (Lipinski definition) is 0. The fourth-order valence-electron chi connectivity index (χ4n) is 9.30. The lowest BCUT2D eigenvalue weighted by atomic mass is 9.80. The maximum atomic E-state index is 2.53. The molecule has 10 aromatic rings. The number of rotatable bonds is 3. The molecule has 0 radical (unpaired) electrons. The first-order chi connectivity index (χ1) is 25.6. The van der Waals surface area contributed by atoms with Crippen molar-refractivity contribution in [3.05, 3.63) is 187 Å². The second-order valence-corrected chi connectivity index (χ2v) is 14.9. The van der Waals surface area contributed by atoms with Gasteiger partial charge in [0.05, 0.1) is 0 Å². The van der Waals surface area contributed by atoms with E-state index in [1.807, 2.05) is 0 Å². The van der Waals surface area contributed by atoms with Crippen molar-refractivity contribution in [1.82, 2.24) is 0 Å². The van der Waals surface area contributed by atoms with Crippen LogP contribution in [0.25, 0.3) is 75.8 Å². The third-order valence-corrected chi connectivity index (χ3v) is 11.8. The van der Waals surface area contributed by atoms with Crippen molar-refractivity contribution in [2.45, 2.75) is 19.3 Å². The van der Waals surface area contributed by atoms with Gasteiger partial charge in [-0.25, -0.2) is 0 Å². The SMILES string of the molecule is CC1(C)c2cc(N(c3ccccc3)c3ccccc3)ccc2-c2cc3c4ccccc4c4cc5c6ccccc6c6ccccc6c5cc4c3cc21. The van der Waals surface area contributed by atoms with Crippen LogP contribution in [0.5, 0.6) is 0 Å². The topological polar surface area (TPSA) is 3.24 Å². The number of hydrogen-bond acceptors (Lipinski definition) is 1. The zero-order valence-corrected chi connectivity index (χ0v) is 29.2. The van der Waals surface area contributed by atoms with Crippen LogP contribution < -0.4 is 4.90 Å². The minimum atomic E-state index is -0.189. The molecule has 0 N–H and O–H groups in total. The fraction of sp³-hybridized carbons (Fsp3) is 0.0588. The Kier molecular flexibility index (Phi) is 6.08. The molecule has 0 amide bonds. The van der Waals surface area contributed by atoms with Gasteiger partial charge in [-0.15, -0.1) is 0 Å². The van der Waals surface area contributed by atoms with Gasteiger partial charge in [-0.3, -0.25) is 0 Å². The highest BCUT2D eigenvalue weighted by atomic mass is 15.1. The maximum absolute atomic E-state index is 2.53. The molecule has 0 saturated carbocycles. The second kappa shape index (κ2) is 10.8. The molecule has 0 atom stereocenters. The molecule has 0 saturated heterocycles. The molecule has 0 aromatic heterocycles. The third kappa shape index (κ3) is 4.05. The molecule has 0 unspecified atom stereocenters. The lowest BCUT2D eigenvalue weighted by Gasteiger charge is -2.28. The smallest absolute Gasteiger partial charge is 0.0465 e. The molecule has 10 aromatic carbocycles. The number of anilines is 3. The van der Waals surface area contributed by atoms with Gasteiger partial charge in [0.1, 0.15) is 0 Å². The Hall–Kier alpha value is -6.44. The monoisotopic (exact) mass is 661 g/mol. The fourth-order valence-corrected chi connectivity index (χ4v) is 9.30. The second-order valence-electron chi connectivity index (χ2n) is 14.9. The third-order valence-electron chi connectivity index (χ3n) is 11.8. The molecule has 1 aliphatic rings. The van der Waals surface area contributed by atoms with Crippen molar-refractivity contribution in [1.29, 1.82) is 0 Å². The largest absolute Gasteiger partial charge is 0.310 e. The summed E-state index contributed by atoms with van der Waals surface area (Å²) in [6, 6.07) is 65.3. The highest BCUT2D eigenvalue weighted by Gasteiger charge is 2.37. The van der Waals surface area contributed by atoms with Gasteiger partial charge in [0, 0.05) is 22.5 Å². The Balaban J connectivity index is 1.19. The van der Waals surface area contributed by atoms with E-state index in [-0.39, 0.29) is 5.41 Å². The zero-order valence-electron chi connectivity index (χ0n) is 29.2. The van der Waals surface area contributed by atoms with Gasteiger partial charge in [-0.1, -0.05) is 129 Å². The van der Waals surface area contributed by atoms with E-state index in [0.717, 1.165) is 11.4 Å². The van der Waals surface area contributed by atoms with Crippen LogP contribution in [-0.2, 0) is 5.41 Å². The van der Waals surface area contributed by atoms with E-state index in [0.29, 0.717) is 0 Å². The molecule has 0 aliphatic heterocycles. The van der Waals surface area contributed by atoms with Crippen LogP contribution in [0.15, 0.2) is 176 Å². The van der Waals surface area contributed by atoms with Gasteiger partial charge >= 0.3 is 0 Å². The molecule has 0 spiro atoms. The van der Waals surface area contributed by atoms with E-state index >= 15 is 0 Å². The average Bonchev–Trinajstić information content (AvgIpc) is 3.42. The molecular formula is C51H35N. The summed E-state index contributed by atoms with van der Waals surface area (Å²) in [4.78, 5) is 2.37. The Morgan fingerprint density at radius 3 is 1.13 bits per heavy atom. The average molecular weight is 662 g/mol. The van der Waals surface area contributed by atoms with Crippen LogP contribution in [0.3, 0.4) is 0 Å². The van der Waals surface area contributed by atoms with Crippen molar-refractivity contribution >= 4 is 81.7 Å². The summed E-state index contributed by atoms with van der Waals surface area (Å²) in [5.41, 5.74) is 8.70. The van der Waals surface area contributed by atoms with Crippen LogP contribution in [0.4, 0.5) is 17.1 Å². The molecule has 1 nitrogen and oxygen atoms in total. The predicted octanol–water partition coefficient (Wildman–Crippen LogP) is 14.4. The van der Waals surface area contributed by atoms with E-state index in [9.17, 15) is 0 Å². The van der Waals surface area contributed by atoms with Gasteiger partial charge in [0.25, 0.3) is 0 Å². The van der Waals surface area contributed by atoms with Gasteiger partial charge < -0.3 is 4.90 Å². The van der Waals surface area contributed by atoms with Crippen molar-refractivity contribution in [2.24, 2.45) is 0 Å². The standard InChI is InChI=1S/C51H35N/c1-51(2)49-27-34(52(32-15-5-3-6-16-32)33-17-7-4-8-18-33)25-26-41(49)48-30-45-40-24-14-13-23-39(40)44-28-42-37-21-11-9-19-35(37)36-20-10-12-22-38(36)43(42)29-46(44)47(45)31-50(48)51/h3-31H,1-2H3. The molecular weight excluding hydrogens is 627 g/mol. The minimum absolute atomic E-state index is 0.189. The van der Waals surface area contributed by atoms with E-state index in [1.54, 1.807) is 0 Å². The summed E-state index contributed by atoms with van der Waals surface area (Å²) < 4.78 is 0. The number of fused-ring (bicyclic) bond motifs is 15. The van der Waals surface area contributed by atoms with Crippen LogP contribution >= 0.6 is 0 Å². The van der Waals surface area contributed by atoms with Gasteiger partial charge in [-0.05, 0) is 148 Å². The first-order valence-corrected chi connectivity index (χ1v) is 18.3. The highest BCUT2D eigenvalue weighted by Crippen LogP contribution is 2.53. The molecule has 0 bridgehead atoms. The normalized spacial score (nSPS) is 13.3. The Morgan fingerprint density at radius 1 is 0.288 bits per heavy atom. The zero-order chi connectivity index (χ0) is 34.6. The summed E-state index contributed by atoms with van der Waals surface area (Å²) in [6.45, 7) is 4.81. The van der Waals surface area contributed by atoms with Gasteiger partial charge in [0.2, 0.25) is 0 Å². The Bertz CT molecular complexity index is 3040.